The van der Waals surface area contributed by atoms with Crippen LogP contribution >= 0.6 is 0 Å². The van der Waals surface area contributed by atoms with E-state index in [0.717, 1.165) is 28.9 Å². The van der Waals surface area contributed by atoms with Gasteiger partial charge in [-0.3, -0.25) is 0 Å². The summed E-state index contributed by atoms with van der Waals surface area (Å²) in [6.45, 7) is 2.17. The second kappa shape index (κ2) is 5.38. The molecule has 0 aliphatic rings. The summed E-state index contributed by atoms with van der Waals surface area (Å²) >= 11 is 1.00. The fourth-order valence-electron chi connectivity index (χ4n) is 0.711. The zero-order chi connectivity index (χ0) is 8.04. The van der Waals surface area contributed by atoms with Gasteiger partial charge in [0.1, 0.15) is 0 Å². The SMILES string of the molecule is CCCC[C]([SnH])(OC)OC. The standard InChI is InChI=1S/C7H15O2.Sn.H/c1-4-5-6-7(8-2)9-3;;/h4-6H2,1-3H3;;. The molecular weight excluding hydrogens is 235 g/mol. The van der Waals surface area contributed by atoms with Gasteiger partial charge in [0.25, 0.3) is 0 Å². The molecule has 2 nitrogen and oxygen atoms in total. The van der Waals surface area contributed by atoms with Gasteiger partial charge in [0.2, 0.25) is 0 Å². The number of ether oxygens (including phenoxy) is 2. The van der Waals surface area contributed by atoms with Gasteiger partial charge in [0.05, 0.1) is 0 Å². The predicted molar refractivity (Wildman–Crippen MR) is 43.4 cm³/mol. The maximum absolute atomic E-state index is 5.22. The molecule has 0 saturated carbocycles. The molecule has 0 unspecified atom stereocenters. The van der Waals surface area contributed by atoms with Crippen LogP contribution in [-0.4, -0.2) is 40.5 Å². The number of hydrogen-bond acceptors (Lipinski definition) is 2. The second-order valence-corrected chi connectivity index (χ2v) is 4.83. The Kier molecular flexibility index (Phi) is 5.77. The Balaban J connectivity index is 3.58. The Morgan fingerprint density at radius 1 is 1.30 bits per heavy atom. The van der Waals surface area contributed by atoms with Crippen molar-refractivity contribution in [3.63, 3.8) is 0 Å². The van der Waals surface area contributed by atoms with Gasteiger partial charge in [-0.15, -0.1) is 0 Å². The first kappa shape index (κ1) is 10.7. The predicted octanol–water partition coefficient (Wildman–Crippen LogP) is 1.02. The summed E-state index contributed by atoms with van der Waals surface area (Å²) in [5, 5.41) is 0. The second-order valence-electron chi connectivity index (χ2n) is 2.32. The van der Waals surface area contributed by atoms with E-state index >= 15 is 0 Å². The Morgan fingerprint density at radius 2 is 1.80 bits per heavy atom. The van der Waals surface area contributed by atoms with E-state index in [-0.39, 0.29) is 3.80 Å². The van der Waals surface area contributed by atoms with Crippen LogP contribution < -0.4 is 0 Å². The Morgan fingerprint density at radius 3 is 2.10 bits per heavy atom. The molecule has 0 amide bonds. The normalized spacial score (nSPS) is 12.0. The number of hydrogen-bond donors (Lipinski definition) is 0. The quantitative estimate of drug-likeness (QED) is 0.536. The van der Waals surface area contributed by atoms with Gasteiger partial charge in [0, 0.05) is 0 Å². The van der Waals surface area contributed by atoms with E-state index in [4.69, 9.17) is 9.47 Å². The third-order valence-corrected chi connectivity index (χ3v) is 3.74. The summed E-state index contributed by atoms with van der Waals surface area (Å²) in [4.78, 5) is 0. The zero-order valence-electron chi connectivity index (χ0n) is 7.02. The van der Waals surface area contributed by atoms with Crippen LogP contribution in [0.15, 0.2) is 0 Å². The maximum atomic E-state index is 5.22. The molecule has 3 heteroatoms. The van der Waals surface area contributed by atoms with Crippen LogP contribution in [0.3, 0.4) is 0 Å². The Labute approximate surface area is 76.4 Å². The molecule has 0 spiro atoms. The minimum absolute atomic E-state index is 0.235. The molecule has 2 radical (unpaired) electrons. The summed E-state index contributed by atoms with van der Waals surface area (Å²) in [5.74, 6) is 0. The summed E-state index contributed by atoms with van der Waals surface area (Å²) in [7, 11) is 3.42. The average molecular weight is 251 g/mol. The molecule has 0 bridgehead atoms. The number of methoxy groups -OCH3 is 2. The van der Waals surface area contributed by atoms with Crippen molar-refractivity contribution in [2.24, 2.45) is 0 Å². The molecule has 0 N–H and O–H groups in total. The van der Waals surface area contributed by atoms with Crippen molar-refractivity contribution in [2.45, 2.75) is 30.0 Å². The van der Waals surface area contributed by atoms with Crippen molar-refractivity contribution in [2.75, 3.05) is 14.2 Å². The van der Waals surface area contributed by atoms with Crippen molar-refractivity contribution in [3.05, 3.63) is 0 Å². The zero-order valence-corrected chi connectivity index (χ0v) is 10.3. The van der Waals surface area contributed by atoms with Gasteiger partial charge in [-0.25, -0.2) is 0 Å². The van der Waals surface area contributed by atoms with Gasteiger partial charge in [-0.2, -0.15) is 0 Å². The van der Waals surface area contributed by atoms with E-state index in [1.165, 1.54) is 12.8 Å². The van der Waals surface area contributed by atoms with Crippen LogP contribution in [-0.2, 0) is 9.47 Å². The molecule has 60 valence electrons. The molecule has 0 heterocycles. The van der Waals surface area contributed by atoms with Gasteiger partial charge in [0.15, 0.2) is 0 Å². The van der Waals surface area contributed by atoms with Crippen molar-refractivity contribution in [3.8, 4) is 0 Å². The van der Waals surface area contributed by atoms with Gasteiger partial charge < -0.3 is 0 Å². The molecule has 0 rings (SSSR count). The summed E-state index contributed by atoms with van der Waals surface area (Å²) < 4.78 is 10.2. The molecule has 10 heavy (non-hydrogen) atoms. The average Bonchev–Trinajstić information content (AvgIpc) is 2.00. The van der Waals surface area contributed by atoms with Crippen LogP contribution in [0.5, 0.6) is 0 Å². The van der Waals surface area contributed by atoms with Crippen LogP contribution in [0.2, 0.25) is 0 Å². The third-order valence-electron chi connectivity index (χ3n) is 1.57. The van der Waals surface area contributed by atoms with Gasteiger partial charge in [-0.1, -0.05) is 0 Å². The van der Waals surface area contributed by atoms with E-state index < -0.39 is 0 Å². The summed E-state index contributed by atoms with van der Waals surface area (Å²) in [5.41, 5.74) is 0. The van der Waals surface area contributed by atoms with Crippen LogP contribution in [0.1, 0.15) is 26.2 Å². The monoisotopic (exact) mass is 252 g/mol. The Bertz CT molecular complexity index is 81.7. The molecule has 0 aliphatic heterocycles. The first-order chi connectivity index (χ1) is 4.68. The van der Waals surface area contributed by atoms with Crippen LogP contribution in [0.4, 0.5) is 0 Å². The van der Waals surface area contributed by atoms with E-state index in [0.29, 0.717) is 0 Å². The van der Waals surface area contributed by atoms with E-state index in [2.05, 4.69) is 6.92 Å². The van der Waals surface area contributed by atoms with E-state index in [1.807, 2.05) is 0 Å². The molecule has 0 aromatic heterocycles. The van der Waals surface area contributed by atoms with Crippen LogP contribution in [0.25, 0.3) is 0 Å². The first-order valence-corrected chi connectivity index (χ1v) is 5.22. The van der Waals surface area contributed by atoms with Crippen molar-refractivity contribution < 1.29 is 9.47 Å². The van der Waals surface area contributed by atoms with E-state index in [9.17, 15) is 0 Å². The molecule has 0 saturated heterocycles. The molecule has 0 fully saturated rings. The molecule has 0 aliphatic carbocycles. The van der Waals surface area contributed by atoms with Gasteiger partial charge in [-0.05, 0) is 0 Å². The van der Waals surface area contributed by atoms with Crippen molar-refractivity contribution in [1.29, 1.82) is 0 Å². The summed E-state index contributed by atoms with van der Waals surface area (Å²) in [6.07, 6.45) is 3.41. The third kappa shape index (κ3) is 3.78. The molecule has 0 aromatic rings. The number of unbranched alkanes of at least 4 members (excludes halogenated alkanes) is 1. The summed E-state index contributed by atoms with van der Waals surface area (Å²) in [6, 6.07) is 0. The van der Waals surface area contributed by atoms with Crippen molar-refractivity contribution >= 4 is 22.5 Å². The topological polar surface area (TPSA) is 18.5 Å². The molecule has 0 atom stereocenters. The van der Waals surface area contributed by atoms with Crippen molar-refractivity contribution in [1.82, 2.24) is 0 Å². The minimum atomic E-state index is -0.235. The van der Waals surface area contributed by atoms with E-state index in [1.54, 1.807) is 14.2 Å². The van der Waals surface area contributed by atoms with Gasteiger partial charge >= 0.3 is 76.2 Å². The number of rotatable bonds is 5. The fraction of sp³-hybridized carbons (Fsp3) is 1.00. The first-order valence-electron chi connectivity index (χ1n) is 3.57. The molecular formula is C7H16O2Sn. The van der Waals surface area contributed by atoms with Crippen LogP contribution in [0, 0.1) is 0 Å². The fourth-order valence-corrected chi connectivity index (χ4v) is 1.29. The molecule has 0 aromatic carbocycles. The Hall–Kier alpha value is 0.719.